The third kappa shape index (κ3) is 4.61. The molecule has 0 radical (unpaired) electrons. The van der Waals surface area contributed by atoms with Crippen molar-refractivity contribution < 1.29 is 14.3 Å². The number of hydrogen-bond donors (Lipinski definition) is 2. The predicted molar refractivity (Wildman–Crippen MR) is 92.0 cm³/mol. The minimum Gasteiger partial charge on any atom is -0.493 e. The number of nitrogens with two attached hydrogens (primary N) is 1. The fourth-order valence-corrected chi connectivity index (χ4v) is 3.32. The maximum Gasteiger partial charge on any atom is 0.224 e. The first-order valence-corrected chi connectivity index (χ1v) is 8.43. The Kier molecular flexibility index (Phi) is 6.28. The summed E-state index contributed by atoms with van der Waals surface area (Å²) in [6.07, 6.45) is 6.16. The van der Waals surface area contributed by atoms with E-state index >= 15 is 0 Å². The van der Waals surface area contributed by atoms with E-state index in [1.54, 1.807) is 13.2 Å². The number of hydrogen-bond acceptors (Lipinski definition) is 4. The van der Waals surface area contributed by atoms with Gasteiger partial charge in [0.2, 0.25) is 5.91 Å². The summed E-state index contributed by atoms with van der Waals surface area (Å²) >= 11 is 0. The lowest BCUT2D eigenvalue weighted by molar-refractivity contribution is -0.118. The molecule has 0 aliphatic heterocycles. The Morgan fingerprint density at radius 2 is 2.00 bits per heavy atom. The molecule has 0 bridgehead atoms. The monoisotopic (exact) mass is 320 g/mol. The van der Waals surface area contributed by atoms with Gasteiger partial charge >= 0.3 is 0 Å². The molecule has 2 rings (SSSR count). The third-order valence-corrected chi connectivity index (χ3v) is 4.63. The fourth-order valence-electron chi connectivity index (χ4n) is 3.32. The number of amides is 1. The van der Waals surface area contributed by atoms with Crippen molar-refractivity contribution >= 4 is 11.6 Å². The van der Waals surface area contributed by atoms with Gasteiger partial charge in [-0.15, -0.1) is 0 Å². The Hall–Kier alpha value is -1.75. The second-order valence-electron chi connectivity index (χ2n) is 6.29. The predicted octanol–water partition coefficient (Wildman–Crippen LogP) is 3.33. The fraction of sp³-hybridized carbons (Fsp3) is 0.611. The molecule has 0 unspecified atom stereocenters. The molecule has 1 saturated carbocycles. The largest absolute Gasteiger partial charge is 0.493 e. The van der Waals surface area contributed by atoms with Gasteiger partial charge in [-0.25, -0.2) is 0 Å². The standard InChI is InChI=1S/C18H28N2O3/c1-3-23-15-8-7-14(11-16(15)22-2)20-17(21)12-18(13-19)9-5-4-6-10-18/h7-8,11H,3-6,9-10,12-13,19H2,1-2H3,(H,20,21). The summed E-state index contributed by atoms with van der Waals surface area (Å²) in [5.74, 6) is 1.32. The molecule has 1 amide bonds. The van der Waals surface area contributed by atoms with Crippen molar-refractivity contribution in [3.05, 3.63) is 18.2 Å². The molecule has 5 heteroatoms. The van der Waals surface area contributed by atoms with E-state index in [2.05, 4.69) is 5.32 Å². The number of anilines is 1. The van der Waals surface area contributed by atoms with Gasteiger partial charge in [0.05, 0.1) is 13.7 Å². The number of carbonyl (C=O) groups excluding carboxylic acids is 1. The molecule has 1 aromatic carbocycles. The van der Waals surface area contributed by atoms with Gasteiger partial charge < -0.3 is 20.5 Å². The summed E-state index contributed by atoms with van der Waals surface area (Å²) in [6.45, 7) is 3.07. The summed E-state index contributed by atoms with van der Waals surface area (Å²) in [6, 6.07) is 5.44. The Bertz CT molecular complexity index is 525. The molecule has 0 heterocycles. The molecule has 5 nitrogen and oxygen atoms in total. The van der Waals surface area contributed by atoms with Crippen LogP contribution < -0.4 is 20.5 Å². The van der Waals surface area contributed by atoms with E-state index in [4.69, 9.17) is 15.2 Å². The lowest BCUT2D eigenvalue weighted by Crippen LogP contribution is -2.36. The van der Waals surface area contributed by atoms with E-state index < -0.39 is 0 Å². The van der Waals surface area contributed by atoms with E-state index in [0.717, 1.165) is 18.5 Å². The first kappa shape index (κ1) is 17.6. The van der Waals surface area contributed by atoms with Crippen molar-refractivity contribution in [2.75, 3.05) is 25.6 Å². The van der Waals surface area contributed by atoms with Crippen molar-refractivity contribution in [2.45, 2.75) is 45.4 Å². The average Bonchev–Trinajstić information content (AvgIpc) is 2.57. The Labute approximate surface area is 138 Å². The van der Waals surface area contributed by atoms with Crippen LogP contribution in [0.1, 0.15) is 45.4 Å². The molecule has 128 valence electrons. The summed E-state index contributed by atoms with van der Waals surface area (Å²) in [5, 5.41) is 2.96. The first-order valence-electron chi connectivity index (χ1n) is 8.43. The van der Waals surface area contributed by atoms with Gasteiger partial charge in [-0.1, -0.05) is 19.3 Å². The molecule has 1 aliphatic carbocycles. The molecule has 23 heavy (non-hydrogen) atoms. The maximum absolute atomic E-state index is 12.4. The van der Waals surface area contributed by atoms with E-state index in [-0.39, 0.29) is 11.3 Å². The van der Waals surface area contributed by atoms with Gasteiger partial charge in [0, 0.05) is 18.2 Å². The highest BCUT2D eigenvalue weighted by atomic mass is 16.5. The van der Waals surface area contributed by atoms with Crippen LogP contribution in [0.2, 0.25) is 0 Å². The smallest absolute Gasteiger partial charge is 0.224 e. The van der Waals surface area contributed by atoms with Gasteiger partial charge in [-0.2, -0.15) is 0 Å². The summed E-state index contributed by atoms with van der Waals surface area (Å²) in [5.41, 5.74) is 6.65. The van der Waals surface area contributed by atoms with Gasteiger partial charge in [0.25, 0.3) is 0 Å². The summed E-state index contributed by atoms with van der Waals surface area (Å²) in [4.78, 5) is 12.4. The molecule has 0 spiro atoms. The van der Waals surface area contributed by atoms with Crippen LogP contribution in [0.5, 0.6) is 11.5 Å². The molecule has 0 aromatic heterocycles. The van der Waals surface area contributed by atoms with Crippen molar-refractivity contribution in [1.82, 2.24) is 0 Å². The molecular formula is C18H28N2O3. The number of benzene rings is 1. The minimum absolute atomic E-state index is 0.0172. The SMILES string of the molecule is CCOc1ccc(NC(=O)CC2(CN)CCCCC2)cc1OC. The summed E-state index contributed by atoms with van der Waals surface area (Å²) in [7, 11) is 1.59. The van der Waals surface area contributed by atoms with Crippen LogP contribution in [-0.4, -0.2) is 26.2 Å². The van der Waals surface area contributed by atoms with E-state index in [9.17, 15) is 4.79 Å². The van der Waals surface area contributed by atoms with Crippen LogP contribution in [0.4, 0.5) is 5.69 Å². The molecule has 3 N–H and O–H groups in total. The van der Waals surface area contributed by atoms with E-state index in [0.29, 0.717) is 31.1 Å². The lowest BCUT2D eigenvalue weighted by atomic mass is 9.71. The number of rotatable bonds is 7. The van der Waals surface area contributed by atoms with Gasteiger partial charge in [0.1, 0.15) is 0 Å². The quantitative estimate of drug-likeness (QED) is 0.808. The highest BCUT2D eigenvalue weighted by molar-refractivity contribution is 5.91. The summed E-state index contributed by atoms with van der Waals surface area (Å²) < 4.78 is 10.8. The number of carbonyl (C=O) groups is 1. The number of nitrogens with one attached hydrogen (secondary N) is 1. The van der Waals surface area contributed by atoms with Crippen LogP contribution in [0.25, 0.3) is 0 Å². The third-order valence-electron chi connectivity index (χ3n) is 4.63. The highest BCUT2D eigenvalue weighted by Crippen LogP contribution is 2.38. The Morgan fingerprint density at radius 3 is 2.61 bits per heavy atom. The first-order chi connectivity index (χ1) is 11.1. The van der Waals surface area contributed by atoms with Crippen molar-refractivity contribution in [3.8, 4) is 11.5 Å². The highest BCUT2D eigenvalue weighted by Gasteiger charge is 2.32. The molecule has 1 fully saturated rings. The zero-order chi connectivity index (χ0) is 16.7. The number of methoxy groups -OCH3 is 1. The topological polar surface area (TPSA) is 73.6 Å². The molecular weight excluding hydrogens is 292 g/mol. The van der Waals surface area contributed by atoms with Crippen LogP contribution >= 0.6 is 0 Å². The Morgan fingerprint density at radius 1 is 1.26 bits per heavy atom. The normalized spacial score (nSPS) is 16.7. The van der Waals surface area contributed by atoms with Crippen LogP contribution in [0, 0.1) is 5.41 Å². The molecule has 0 atom stereocenters. The van der Waals surface area contributed by atoms with E-state index in [1.165, 1.54) is 19.3 Å². The lowest BCUT2D eigenvalue weighted by Gasteiger charge is -2.35. The number of ether oxygens (including phenoxy) is 2. The van der Waals surface area contributed by atoms with Crippen molar-refractivity contribution in [1.29, 1.82) is 0 Å². The van der Waals surface area contributed by atoms with Gasteiger partial charge in [-0.05, 0) is 43.9 Å². The van der Waals surface area contributed by atoms with Crippen molar-refractivity contribution in [2.24, 2.45) is 11.1 Å². The van der Waals surface area contributed by atoms with Crippen LogP contribution in [-0.2, 0) is 4.79 Å². The molecule has 1 aliphatic rings. The van der Waals surface area contributed by atoms with E-state index in [1.807, 2.05) is 19.1 Å². The maximum atomic E-state index is 12.4. The van der Waals surface area contributed by atoms with Gasteiger partial charge in [-0.3, -0.25) is 4.79 Å². The van der Waals surface area contributed by atoms with Crippen LogP contribution in [0.3, 0.4) is 0 Å². The zero-order valence-electron chi connectivity index (χ0n) is 14.2. The second kappa shape index (κ2) is 8.20. The Balaban J connectivity index is 2.02. The van der Waals surface area contributed by atoms with Gasteiger partial charge in [0.15, 0.2) is 11.5 Å². The minimum atomic E-state index is -0.0301. The second-order valence-corrected chi connectivity index (χ2v) is 6.29. The zero-order valence-corrected chi connectivity index (χ0v) is 14.2. The molecule has 1 aromatic rings. The average molecular weight is 320 g/mol. The van der Waals surface area contributed by atoms with Crippen molar-refractivity contribution in [3.63, 3.8) is 0 Å². The van der Waals surface area contributed by atoms with Crippen LogP contribution in [0.15, 0.2) is 18.2 Å². The molecule has 0 saturated heterocycles.